The highest BCUT2D eigenvalue weighted by molar-refractivity contribution is 7.92. The zero-order chi connectivity index (χ0) is 18.3. The molecule has 0 bridgehead atoms. The Kier molecular flexibility index (Phi) is 6.24. The number of amides is 2. The van der Waals surface area contributed by atoms with Gasteiger partial charge in [0.1, 0.15) is 5.75 Å². The summed E-state index contributed by atoms with van der Waals surface area (Å²) in [5.74, 6) is 0.782. The molecular weight excluding hydrogens is 342 g/mol. The lowest BCUT2D eigenvalue weighted by atomic mass is 10.1. The monoisotopic (exact) mass is 363 g/mol. The van der Waals surface area contributed by atoms with Crippen LogP contribution in [-0.2, 0) is 16.4 Å². The van der Waals surface area contributed by atoms with Gasteiger partial charge in [-0.05, 0) is 48.4 Å². The molecule has 7 nitrogen and oxygen atoms in total. The molecule has 0 aliphatic carbocycles. The first kappa shape index (κ1) is 18.6. The van der Waals surface area contributed by atoms with Crippen LogP contribution < -0.4 is 20.1 Å². The smallest absolute Gasteiger partial charge is 0.319 e. The first-order valence-electron chi connectivity index (χ1n) is 7.61. The number of urea groups is 1. The second kappa shape index (κ2) is 8.39. The first-order valence-corrected chi connectivity index (χ1v) is 9.50. The van der Waals surface area contributed by atoms with E-state index in [9.17, 15) is 13.2 Å². The molecule has 0 aliphatic rings. The van der Waals surface area contributed by atoms with Crippen LogP contribution in [0.25, 0.3) is 0 Å². The van der Waals surface area contributed by atoms with Crippen molar-refractivity contribution in [2.45, 2.75) is 6.42 Å². The molecule has 3 N–H and O–H groups in total. The van der Waals surface area contributed by atoms with E-state index in [4.69, 9.17) is 4.74 Å². The molecule has 0 saturated carbocycles. The fraction of sp³-hybridized carbons (Fsp3) is 0.235. The summed E-state index contributed by atoms with van der Waals surface area (Å²) < 4.78 is 29.8. The van der Waals surface area contributed by atoms with Crippen LogP contribution in [-0.4, -0.2) is 34.4 Å². The molecule has 0 radical (unpaired) electrons. The number of nitrogens with one attached hydrogen (secondary N) is 3. The fourth-order valence-corrected chi connectivity index (χ4v) is 2.72. The van der Waals surface area contributed by atoms with Crippen molar-refractivity contribution in [3.8, 4) is 5.75 Å². The van der Waals surface area contributed by atoms with Gasteiger partial charge in [0.05, 0.1) is 13.4 Å². The summed E-state index contributed by atoms with van der Waals surface area (Å²) in [5.41, 5.74) is 2.07. The van der Waals surface area contributed by atoms with Crippen molar-refractivity contribution in [3.05, 3.63) is 54.1 Å². The molecular formula is C17H21N3O4S. The van der Waals surface area contributed by atoms with E-state index in [0.29, 0.717) is 24.3 Å². The van der Waals surface area contributed by atoms with Gasteiger partial charge < -0.3 is 15.4 Å². The van der Waals surface area contributed by atoms with E-state index in [-0.39, 0.29) is 6.03 Å². The summed E-state index contributed by atoms with van der Waals surface area (Å²) in [6.07, 6.45) is 1.76. The Balaban J connectivity index is 1.80. The number of carbonyl (C=O) groups is 1. The fourth-order valence-electron chi connectivity index (χ4n) is 2.16. The zero-order valence-electron chi connectivity index (χ0n) is 14.1. The highest BCUT2D eigenvalue weighted by atomic mass is 32.2. The number of sulfonamides is 1. The summed E-state index contributed by atoms with van der Waals surface area (Å²) in [5, 5.41) is 5.46. The van der Waals surface area contributed by atoms with E-state index in [1.54, 1.807) is 31.4 Å². The van der Waals surface area contributed by atoms with Crippen LogP contribution in [0, 0.1) is 0 Å². The number of methoxy groups -OCH3 is 1. The van der Waals surface area contributed by atoms with Gasteiger partial charge in [-0.2, -0.15) is 0 Å². The molecule has 8 heteroatoms. The average Bonchev–Trinajstić information content (AvgIpc) is 2.55. The minimum atomic E-state index is -3.32. The minimum absolute atomic E-state index is 0.327. The molecule has 2 aromatic rings. The van der Waals surface area contributed by atoms with Crippen molar-refractivity contribution in [1.29, 1.82) is 0 Å². The quantitative estimate of drug-likeness (QED) is 0.704. The highest BCUT2D eigenvalue weighted by Gasteiger charge is 2.04. The Morgan fingerprint density at radius 3 is 2.40 bits per heavy atom. The number of carbonyl (C=O) groups excluding carboxylic acids is 1. The topological polar surface area (TPSA) is 96.5 Å². The van der Waals surface area contributed by atoms with Crippen molar-refractivity contribution in [1.82, 2.24) is 5.32 Å². The Bertz CT molecular complexity index is 820. The highest BCUT2D eigenvalue weighted by Crippen LogP contribution is 2.15. The minimum Gasteiger partial charge on any atom is -0.497 e. The summed E-state index contributed by atoms with van der Waals surface area (Å²) in [4.78, 5) is 11.9. The molecule has 2 aromatic carbocycles. The third kappa shape index (κ3) is 6.72. The summed E-state index contributed by atoms with van der Waals surface area (Å²) in [7, 11) is -1.70. The molecule has 0 spiro atoms. The maximum Gasteiger partial charge on any atom is 0.319 e. The molecule has 0 heterocycles. The summed E-state index contributed by atoms with van der Waals surface area (Å²) in [6, 6.07) is 13.7. The molecule has 2 rings (SSSR count). The average molecular weight is 363 g/mol. The van der Waals surface area contributed by atoms with Gasteiger partial charge in [0, 0.05) is 17.9 Å². The van der Waals surface area contributed by atoms with Crippen LogP contribution in [0.4, 0.5) is 16.2 Å². The van der Waals surface area contributed by atoms with E-state index in [1.165, 1.54) is 0 Å². The zero-order valence-corrected chi connectivity index (χ0v) is 14.9. The van der Waals surface area contributed by atoms with Crippen molar-refractivity contribution in [2.75, 3.05) is 29.9 Å². The van der Waals surface area contributed by atoms with E-state index in [1.807, 2.05) is 24.3 Å². The third-order valence-corrected chi connectivity index (χ3v) is 3.89. The normalized spacial score (nSPS) is 10.8. The third-order valence-electron chi connectivity index (χ3n) is 3.28. The molecule has 0 aromatic heterocycles. The van der Waals surface area contributed by atoms with Gasteiger partial charge in [0.15, 0.2) is 0 Å². The van der Waals surface area contributed by atoms with Crippen LogP contribution >= 0.6 is 0 Å². The summed E-state index contributed by atoms with van der Waals surface area (Å²) in [6.45, 7) is 0.479. The van der Waals surface area contributed by atoms with Crippen LogP contribution in [0.3, 0.4) is 0 Å². The Labute approximate surface area is 147 Å². The standard InChI is InChI=1S/C17H21N3O4S/c1-24-16-5-3-4-13(12-16)10-11-18-17(21)19-14-6-8-15(9-7-14)20-25(2,22)23/h3-9,12,20H,10-11H2,1-2H3,(H2,18,19,21). The van der Waals surface area contributed by atoms with Crippen molar-refractivity contribution < 1.29 is 17.9 Å². The maximum absolute atomic E-state index is 11.9. The first-order chi connectivity index (χ1) is 11.9. The van der Waals surface area contributed by atoms with Crippen LogP contribution in [0.15, 0.2) is 48.5 Å². The number of anilines is 2. The van der Waals surface area contributed by atoms with Crippen LogP contribution in [0.5, 0.6) is 5.75 Å². The van der Waals surface area contributed by atoms with Crippen LogP contribution in [0.2, 0.25) is 0 Å². The summed E-state index contributed by atoms with van der Waals surface area (Å²) >= 11 is 0. The maximum atomic E-state index is 11.9. The Morgan fingerprint density at radius 1 is 1.08 bits per heavy atom. The molecule has 0 saturated heterocycles. The second-order valence-corrected chi connectivity index (χ2v) is 7.18. The van der Waals surface area contributed by atoms with E-state index in [2.05, 4.69) is 15.4 Å². The molecule has 2 amide bonds. The Hall–Kier alpha value is -2.74. The molecule has 25 heavy (non-hydrogen) atoms. The lowest BCUT2D eigenvalue weighted by Gasteiger charge is -2.09. The van der Waals surface area contributed by atoms with E-state index < -0.39 is 10.0 Å². The predicted molar refractivity (Wildman–Crippen MR) is 98.6 cm³/mol. The van der Waals surface area contributed by atoms with Crippen molar-refractivity contribution in [3.63, 3.8) is 0 Å². The van der Waals surface area contributed by atoms with Gasteiger partial charge in [-0.15, -0.1) is 0 Å². The lowest BCUT2D eigenvalue weighted by Crippen LogP contribution is -2.30. The van der Waals surface area contributed by atoms with E-state index >= 15 is 0 Å². The van der Waals surface area contributed by atoms with Gasteiger partial charge in [-0.1, -0.05) is 12.1 Å². The van der Waals surface area contributed by atoms with Gasteiger partial charge in [0.25, 0.3) is 0 Å². The SMILES string of the molecule is COc1cccc(CCNC(=O)Nc2ccc(NS(C)(=O)=O)cc2)c1. The predicted octanol–water partition coefficient (Wildman–Crippen LogP) is 2.43. The largest absolute Gasteiger partial charge is 0.497 e. The van der Waals surface area contributed by atoms with Crippen molar-refractivity contribution >= 4 is 27.4 Å². The van der Waals surface area contributed by atoms with Gasteiger partial charge in [-0.25, -0.2) is 13.2 Å². The molecule has 134 valence electrons. The number of rotatable bonds is 7. The van der Waals surface area contributed by atoms with Crippen LogP contribution in [0.1, 0.15) is 5.56 Å². The number of hydrogen-bond donors (Lipinski definition) is 3. The molecule has 0 unspecified atom stereocenters. The van der Waals surface area contributed by atoms with Crippen molar-refractivity contribution in [2.24, 2.45) is 0 Å². The molecule has 0 fully saturated rings. The molecule has 0 aliphatic heterocycles. The molecule has 0 atom stereocenters. The second-order valence-electron chi connectivity index (χ2n) is 5.43. The number of benzene rings is 2. The number of hydrogen-bond acceptors (Lipinski definition) is 4. The van der Waals surface area contributed by atoms with E-state index in [0.717, 1.165) is 17.6 Å². The van der Waals surface area contributed by atoms with Gasteiger partial charge >= 0.3 is 6.03 Å². The Morgan fingerprint density at radius 2 is 1.76 bits per heavy atom. The van der Waals surface area contributed by atoms with Gasteiger partial charge in [-0.3, -0.25) is 4.72 Å². The van der Waals surface area contributed by atoms with Gasteiger partial charge in [0.2, 0.25) is 10.0 Å². The lowest BCUT2D eigenvalue weighted by molar-refractivity contribution is 0.252. The number of ether oxygens (including phenoxy) is 1.